The lowest BCUT2D eigenvalue weighted by Crippen LogP contribution is -2.36. The fraction of sp³-hybridized carbons (Fsp3) is 0.353. The maximum atomic E-state index is 11.7. The first kappa shape index (κ1) is 16.6. The highest BCUT2D eigenvalue weighted by Crippen LogP contribution is 2.28. The Balaban J connectivity index is 2.15. The van der Waals surface area contributed by atoms with Crippen LogP contribution >= 0.6 is 15.9 Å². The van der Waals surface area contributed by atoms with Gasteiger partial charge in [0.15, 0.2) is 0 Å². The number of carbonyl (C=O) groups is 1. The van der Waals surface area contributed by atoms with Crippen molar-refractivity contribution in [2.24, 2.45) is 0 Å². The molecule has 0 atom stereocenters. The Kier molecular flexibility index (Phi) is 6.52. The van der Waals surface area contributed by atoms with Crippen LogP contribution in [0.1, 0.15) is 18.9 Å². The van der Waals surface area contributed by atoms with Gasteiger partial charge in [-0.3, -0.25) is 0 Å². The lowest BCUT2D eigenvalue weighted by atomic mass is 10.0. The second-order valence-corrected chi connectivity index (χ2v) is 5.71. The number of carbonyl (C=O) groups excluding carboxylic acids is 1. The molecule has 0 radical (unpaired) electrons. The smallest absolute Gasteiger partial charge is 0.315 e. The molecule has 0 fully saturated rings. The molecule has 0 saturated heterocycles. The van der Waals surface area contributed by atoms with Crippen LogP contribution in [0.2, 0.25) is 0 Å². The number of urea groups is 1. The van der Waals surface area contributed by atoms with Gasteiger partial charge in [-0.05, 0) is 23.4 Å². The van der Waals surface area contributed by atoms with Crippen LogP contribution in [-0.2, 0) is 6.54 Å². The van der Waals surface area contributed by atoms with Crippen molar-refractivity contribution in [2.75, 3.05) is 18.5 Å². The molecular formula is C17H21BrN2O2. The Morgan fingerprint density at radius 3 is 2.64 bits per heavy atom. The first-order valence-electron chi connectivity index (χ1n) is 7.47. The highest BCUT2D eigenvalue weighted by atomic mass is 79.9. The van der Waals surface area contributed by atoms with Gasteiger partial charge in [-0.25, -0.2) is 4.79 Å². The van der Waals surface area contributed by atoms with Gasteiger partial charge in [-0.2, -0.15) is 0 Å². The summed E-state index contributed by atoms with van der Waals surface area (Å²) in [6, 6.07) is 11.9. The number of ether oxygens (including phenoxy) is 1. The number of fused-ring (bicyclic) bond motifs is 1. The van der Waals surface area contributed by atoms with Crippen molar-refractivity contribution in [3.05, 3.63) is 42.0 Å². The van der Waals surface area contributed by atoms with Crippen molar-refractivity contribution in [3.8, 4) is 5.75 Å². The topological polar surface area (TPSA) is 50.4 Å². The van der Waals surface area contributed by atoms with Gasteiger partial charge in [-0.1, -0.05) is 53.2 Å². The zero-order valence-corrected chi connectivity index (χ0v) is 14.3. The number of hydrogen-bond acceptors (Lipinski definition) is 2. The van der Waals surface area contributed by atoms with Gasteiger partial charge < -0.3 is 15.4 Å². The minimum atomic E-state index is -0.158. The van der Waals surface area contributed by atoms with Crippen LogP contribution in [0.3, 0.4) is 0 Å². The van der Waals surface area contributed by atoms with E-state index >= 15 is 0 Å². The molecular weight excluding hydrogens is 344 g/mol. The summed E-state index contributed by atoms with van der Waals surface area (Å²) in [6.45, 7) is 3.89. The highest BCUT2D eigenvalue weighted by molar-refractivity contribution is 9.09. The maximum Gasteiger partial charge on any atom is 0.315 e. The molecule has 4 nitrogen and oxygen atoms in total. The van der Waals surface area contributed by atoms with Crippen LogP contribution in [-0.4, -0.2) is 24.5 Å². The molecule has 118 valence electrons. The van der Waals surface area contributed by atoms with E-state index < -0.39 is 0 Å². The average Bonchev–Trinajstić information content (AvgIpc) is 2.56. The van der Waals surface area contributed by atoms with Gasteiger partial charge in [-0.15, -0.1) is 0 Å². The lowest BCUT2D eigenvalue weighted by Gasteiger charge is -2.13. The molecule has 0 spiro atoms. The number of nitrogens with one attached hydrogen (secondary N) is 2. The second-order valence-electron chi connectivity index (χ2n) is 4.92. The summed E-state index contributed by atoms with van der Waals surface area (Å²) in [6.07, 6.45) is 0.978. The van der Waals surface area contributed by atoms with E-state index in [1.807, 2.05) is 24.3 Å². The van der Waals surface area contributed by atoms with Crippen LogP contribution in [0, 0.1) is 0 Å². The summed E-state index contributed by atoms with van der Waals surface area (Å²) in [5.74, 6) is 0.893. The van der Waals surface area contributed by atoms with Gasteiger partial charge in [0, 0.05) is 23.8 Å². The zero-order valence-electron chi connectivity index (χ0n) is 12.7. The van der Waals surface area contributed by atoms with E-state index in [9.17, 15) is 4.79 Å². The molecule has 2 aromatic carbocycles. The number of hydrogen-bond donors (Lipinski definition) is 2. The highest BCUT2D eigenvalue weighted by Gasteiger charge is 2.07. The summed E-state index contributed by atoms with van der Waals surface area (Å²) >= 11 is 3.28. The Morgan fingerprint density at radius 2 is 1.91 bits per heavy atom. The van der Waals surface area contributed by atoms with Gasteiger partial charge in [0.25, 0.3) is 0 Å². The van der Waals surface area contributed by atoms with Gasteiger partial charge >= 0.3 is 6.03 Å². The van der Waals surface area contributed by atoms with Gasteiger partial charge in [0.1, 0.15) is 5.75 Å². The average molecular weight is 365 g/mol. The fourth-order valence-electron chi connectivity index (χ4n) is 2.22. The molecule has 0 aliphatic rings. The fourth-order valence-corrected chi connectivity index (χ4v) is 2.42. The molecule has 2 rings (SSSR count). The Bertz CT molecular complexity index is 631. The first-order valence-corrected chi connectivity index (χ1v) is 8.59. The van der Waals surface area contributed by atoms with Crippen LogP contribution in [0.4, 0.5) is 4.79 Å². The summed E-state index contributed by atoms with van der Waals surface area (Å²) in [4.78, 5) is 11.7. The van der Waals surface area contributed by atoms with Crippen LogP contribution < -0.4 is 15.4 Å². The number of amides is 2. The SMILES string of the molecule is CCCOc1ccc(CNC(=O)NCCBr)c2ccccc12. The Morgan fingerprint density at radius 1 is 1.14 bits per heavy atom. The normalized spacial score (nSPS) is 10.5. The molecule has 0 saturated carbocycles. The molecule has 2 N–H and O–H groups in total. The second kappa shape index (κ2) is 8.63. The molecule has 0 aliphatic carbocycles. The number of halogens is 1. The predicted octanol–water partition coefficient (Wildman–Crippen LogP) is 3.82. The minimum absolute atomic E-state index is 0.158. The van der Waals surface area contributed by atoms with Crippen LogP contribution in [0.5, 0.6) is 5.75 Å². The van der Waals surface area contributed by atoms with Crippen molar-refractivity contribution in [2.45, 2.75) is 19.9 Å². The van der Waals surface area contributed by atoms with E-state index in [0.717, 1.165) is 33.8 Å². The van der Waals surface area contributed by atoms with E-state index in [-0.39, 0.29) is 6.03 Å². The third-order valence-corrected chi connectivity index (χ3v) is 3.65. The third kappa shape index (κ3) is 4.37. The van der Waals surface area contributed by atoms with E-state index in [1.165, 1.54) is 0 Å². The standard InChI is InChI=1S/C17H21BrN2O2/c1-2-11-22-16-8-7-13(12-20-17(21)19-10-9-18)14-5-3-4-6-15(14)16/h3-8H,2,9-12H2,1H3,(H2,19,20,21). The summed E-state index contributed by atoms with van der Waals surface area (Å²) in [7, 11) is 0. The summed E-state index contributed by atoms with van der Waals surface area (Å²) in [5.41, 5.74) is 1.08. The maximum absolute atomic E-state index is 11.7. The number of benzene rings is 2. The van der Waals surface area contributed by atoms with Crippen molar-refractivity contribution < 1.29 is 9.53 Å². The van der Waals surface area contributed by atoms with E-state index in [4.69, 9.17) is 4.74 Å². The minimum Gasteiger partial charge on any atom is -0.493 e. The molecule has 5 heteroatoms. The van der Waals surface area contributed by atoms with Crippen molar-refractivity contribution in [3.63, 3.8) is 0 Å². The molecule has 22 heavy (non-hydrogen) atoms. The third-order valence-electron chi connectivity index (χ3n) is 3.26. The summed E-state index contributed by atoms with van der Waals surface area (Å²) < 4.78 is 5.80. The molecule has 0 aromatic heterocycles. The van der Waals surface area contributed by atoms with E-state index in [2.05, 4.69) is 45.6 Å². The van der Waals surface area contributed by atoms with E-state index in [1.54, 1.807) is 0 Å². The molecule has 2 amide bonds. The molecule has 0 bridgehead atoms. The lowest BCUT2D eigenvalue weighted by molar-refractivity contribution is 0.241. The van der Waals surface area contributed by atoms with Crippen molar-refractivity contribution in [1.82, 2.24) is 10.6 Å². The predicted molar refractivity (Wildman–Crippen MR) is 93.8 cm³/mol. The monoisotopic (exact) mass is 364 g/mol. The number of alkyl halides is 1. The quantitative estimate of drug-likeness (QED) is 0.733. The van der Waals surface area contributed by atoms with Crippen LogP contribution in [0.25, 0.3) is 10.8 Å². The number of rotatable bonds is 7. The van der Waals surface area contributed by atoms with E-state index in [0.29, 0.717) is 19.7 Å². The summed E-state index contributed by atoms with van der Waals surface area (Å²) in [5, 5.41) is 8.58. The molecule has 0 unspecified atom stereocenters. The first-order chi connectivity index (χ1) is 10.8. The van der Waals surface area contributed by atoms with Gasteiger partial charge in [0.2, 0.25) is 0 Å². The molecule has 2 aromatic rings. The van der Waals surface area contributed by atoms with Gasteiger partial charge in [0.05, 0.1) is 6.61 Å². The molecule has 0 heterocycles. The van der Waals surface area contributed by atoms with Crippen molar-refractivity contribution in [1.29, 1.82) is 0 Å². The van der Waals surface area contributed by atoms with Crippen molar-refractivity contribution >= 4 is 32.7 Å². The molecule has 0 aliphatic heterocycles. The Labute approximate surface area is 139 Å². The van der Waals surface area contributed by atoms with Crippen LogP contribution in [0.15, 0.2) is 36.4 Å². The Hall–Kier alpha value is -1.75. The zero-order chi connectivity index (χ0) is 15.8. The largest absolute Gasteiger partial charge is 0.493 e.